The van der Waals surface area contributed by atoms with Crippen molar-refractivity contribution in [2.45, 2.75) is 19.9 Å². The van der Waals surface area contributed by atoms with Gasteiger partial charge in [0.05, 0.1) is 12.1 Å². The summed E-state index contributed by atoms with van der Waals surface area (Å²) in [7, 11) is 0. The lowest BCUT2D eigenvalue weighted by Gasteiger charge is -2.34. The molecule has 0 radical (unpaired) electrons. The zero-order valence-electron chi connectivity index (χ0n) is 16.9. The molecule has 1 saturated heterocycles. The highest BCUT2D eigenvalue weighted by molar-refractivity contribution is 5.92. The first-order chi connectivity index (χ1) is 14.7. The molecule has 2 N–H and O–H groups in total. The number of aromatic nitrogens is 2. The van der Waals surface area contributed by atoms with E-state index < -0.39 is 5.91 Å². The number of hydroxylamine groups is 1. The standard InChI is InChI=1S/C22H25N5O3/c1-2-16-3-5-17(6-4-16)20-8-7-19(30-20)15-26-9-11-27(12-10-26)22-23-13-18(14-24-22)21(28)25-29/h3-8,13-14,29H,2,9-12,15H2,1H3,(H,25,28). The fourth-order valence-electron chi connectivity index (χ4n) is 3.52. The summed E-state index contributed by atoms with van der Waals surface area (Å²) < 4.78 is 6.07. The molecule has 0 unspecified atom stereocenters. The Bertz CT molecular complexity index is 977. The van der Waals surface area contributed by atoms with Crippen molar-refractivity contribution < 1.29 is 14.4 Å². The second kappa shape index (κ2) is 9.06. The maximum Gasteiger partial charge on any atom is 0.277 e. The van der Waals surface area contributed by atoms with Crippen molar-refractivity contribution in [3.63, 3.8) is 0 Å². The van der Waals surface area contributed by atoms with Crippen LogP contribution in [0.2, 0.25) is 0 Å². The van der Waals surface area contributed by atoms with Crippen LogP contribution < -0.4 is 10.4 Å². The third-order valence-corrected chi connectivity index (χ3v) is 5.34. The zero-order valence-corrected chi connectivity index (χ0v) is 16.9. The molecule has 1 aliphatic rings. The lowest BCUT2D eigenvalue weighted by atomic mass is 10.1. The predicted octanol–water partition coefficient (Wildman–Crippen LogP) is 2.74. The van der Waals surface area contributed by atoms with E-state index >= 15 is 0 Å². The van der Waals surface area contributed by atoms with E-state index in [1.807, 2.05) is 12.1 Å². The minimum Gasteiger partial charge on any atom is -0.460 e. The number of rotatable bonds is 6. The van der Waals surface area contributed by atoms with E-state index in [1.54, 1.807) is 5.48 Å². The van der Waals surface area contributed by atoms with Crippen molar-refractivity contribution in [1.82, 2.24) is 20.3 Å². The Morgan fingerprint density at radius 2 is 1.77 bits per heavy atom. The normalized spacial score (nSPS) is 14.7. The highest BCUT2D eigenvalue weighted by atomic mass is 16.5. The van der Waals surface area contributed by atoms with Gasteiger partial charge in [-0.1, -0.05) is 31.2 Å². The second-order valence-electron chi connectivity index (χ2n) is 7.29. The molecule has 0 aliphatic carbocycles. The van der Waals surface area contributed by atoms with Crippen molar-refractivity contribution in [3.05, 3.63) is 65.7 Å². The Morgan fingerprint density at radius 1 is 1.07 bits per heavy atom. The SMILES string of the molecule is CCc1ccc(-c2ccc(CN3CCN(c4ncc(C(=O)NO)cn4)CC3)o2)cc1. The number of carbonyl (C=O) groups is 1. The Hall–Kier alpha value is -3.23. The van der Waals surface area contributed by atoms with E-state index in [9.17, 15) is 4.79 Å². The fourth-order valence-corrected chi connectivity index (χ4v) is 3.52. The smallest absolute Gasteiger partial charge is 0.277 e. The number of hydrogen-bond donors (Lipinski definition) is 2. The van der Waals surface area contributed by atoms with Crippen molar-refractivity contribution in [2.75, 3.05) is 31.1 Å². The summed E-state index contributed by atoms with van der Waals surface area (Å²) in [6.45, 7) is 6.22. The van der Waals surface area contributed by atoms with Gasteiger partial charge in [-0.2, -0.15) is 0 Å². The monoisotopic (exact) mass is 407 g/mol. The molecule has 2 aromatic heterocycles. The molecular weight excluding hydrogens is 382 g/mol. The van der Waals surface area contributed by atoms with Crippen LogP contribution in [0.1, 0.15) is 28.6 Å². The Balaban J connectivity index is 1.31. The van der Waals surface area contributed by atoms with Crippen LogP contribution in [0.4, 0.5) is 5.95 Å². The maximum absolute atomic E-state index is 11.4. The molecular formula is C22H25N5O3. The van der Waals surface area contributed by atoms with Gasteiger partial charge in [0.15, 0.2) is 0 Å². The quantitative estimate of drug-likeness (QED) is 0.479. The predicted molar refractivity (Wildman–Crippen MR) is 112 cm³/mol. The van der Waals surface area contributed by atoms with Crippen LogP contribution in [-0.4, -0.2) is 52.2 Å². The molecule has 0 spiro atoms. The minimum atomic E-state index is -0.620. The van der Waals surface area contributed by atoms with E-state index in [1.165, 1.54) is 18.0 Å². The third-order valence-electron chi connectivity index (χ3n) is 5.34. The van der Waals surface area contributed by atoms with Crippen LogP contribution in [-0.2, 0) is 13.0 Å². The van der Waals surface area contributed by atoms with Crippen LogP contribution >= 0.6 is 0 Å². The molecule has 1 amide bonds. The molecule has 4 rings (SSSR count). The van der Waals surface area contributed by atoms with E-state index in [2.05, 4.69) is 51.0 Å². The van der Waals surface area contributed by atoms with Gasteiger partial charge < -0.3 is 9.32 Å². The molecule has 8 nitrogen and oxygen atoms in total. The second-order valence-corrected chi connectivity index (χ2v) is 7.29. The molecule has 1 aliphatic heterocycles. The highest BCUT2D eigenvalue weighted by Gasteiger charge is 2.20. The largest absolute Gasteiger partial charge is 0.460 e. The molecule has 8 heteroatoms. The minimum absolute atomic E-state index is 0.220. The fraction of sp³-hybridized carbons (Fsp3) is 0.318. The number of piperazine rings is 1. The van der Waals surface area contributed by atoms with Crippen LogP contribution in [0.5, 0.6) is 0 Å². The summed E-state index contributed by atoms with van der Waals surface area (Å²) in [6.07, 6.45) is 3.86. The number of nitrogens with zero attached hydrogens (tertiary/aromatic N) is 4. The van der Waals surface area contributed by atoms with E-state index in [0.29, 0.717) is 5.95 Å². The van der Waals surface area contributed by atoms with Gasteiger partial charge in [0.1, 0.15) is 11.5 Å². The molecule has 3 aromatic rings. The third kappa shape index (κ3) is 4.50. The van der Waals surface area contributed by atoms with E-state index in [-0.39, 0.29) is 5.56 Å². The zero-order chi connectivity index (χ0) is 20.9. The summed E-state index contributed by atoms with van der Waals surface area (Å²) in [5, 5.41) is 8.67. The maximum atomic E-state index is 11.4. The Labute approximate surface area is 175 Å². The number of nitrogens with one attached hydrogen (secondary N) is 1. The molecule has 0 saturated carbocycles. The van der Waals surface area contributed by atoms with Gasteiger partial charge in [-0.3, -0.25) is 14.9 Å². The summed E-state index contributed by atoms with van der Waals surface area (Å²) >= 11 is 0. The number of furan rings is 1. The lowest BCUT2D eigenvalue weighted by molar-refractivity contribution is 0.0705. The topological polar surface area (TPSA) is 94.7 Å². The molecule has 0 bridgehead atoms. The number of anilines is 1. The number of aryl methyl sites for hydroxylation is 1. The van der Waals surface area contributed by atoms with Crippen LogP contribution in [0.25, 0.3) is 11.3 Å². The summed E-state index contributed by atoms with van der Waals surface area (Å²) in [5.74, 6) is 1.81. The van der Waals surface area contributed by atoms with Crippen molar-refractivity contribution in [3.8, 4) is 11.3 Å². The molecule has 1 fully saturated rings. The van der Waals surface area contributed by atoms with Gasteiger partial charge in [-0.05, 0) is 24.1 Å². The highest BCUT2D eigenvalue weighted by Crippen LogP contribution is 2.24. The summed E-state index contributed by atoms with van der Waals surface area (Å²) in [5.41, 5.74) is 4.21. The van der Waals surface area contributed by atoms with Crippen molar-refractivity contribution >= 4 is 11.9 Å². The average molecular weight is 407 g/mol. The number of benzene rings is 1. The van der Waals surface area contributed by atoms with E-state index in [0.717, 1.165) is 56.2 Å². The molecule has 30 heavy (non-hydrogen) atoms. The molecule has 156 valence electrons. The lowest BCUT2D eigenvalue weighted by Crippen LogP contribution is -2.46. The first-order valence-electron chi connectivity index (χ1n) is 10.1. The number of amides is 1. The first kappa shape index (κ1) is 20.1. The number of carbonyl (C=O) groups excluding carboxylic acids is 1. The summed E-state index contributed by atoms with van der Waals surface area (Å²) in [4.78, 5) is 24.3. The van der Waals surface area contributed by atoms with Gasteiger partial charge in [-0.15, -0.1) is 0 Å². The number of hydrogen-bond acceptors (Lipinski definition) is 7. The van der Waals surface area contributed by atoms with Gasteiger partial charge in [0, 0.05) is 44.1 Å². The van der Waals surface area contributed by atoms with Crippen molar-refractivity contribution in [1.29, 1.82) is 0 Å². The van der Waals surface area contributed by atoms with E-state index in [4.69, 9.17) is 9.62 Å². The van der Waals surface area contributed by atoms with Crippen LogP contribution in [0.15, 0.2) is 53.2 Å². The van der Waals surface area contributed by atoms with Gasteiger partial charge in [-0.25, -0.2) is 15.4 Å². The Kier molecular flexibility index (Phi) is 6.06. The Morgan fingerprint density at radius 3 is 2.40 bits per heavy atom. The van der Waals surface area contributed by atoms with Gasteiger partial charge in [0.25, 0.3) is 5.91 Å². The van der Waals surface area contributed by atoms with Gasteiger partial charge >= 0.3 is 0 Å². The first-order valence-corrected chi connectivity index (χ1v) is 10.1. The molecule has 1 aromatic carbocycles. The molecule has 3 heterocycles. The van der Waals surface area contributed by atoms with Crippen LogP contribution in [0, 0.1) is 0 Å². The van der Waals surface area contributed by atoms with Crippen molar-refractivity contribution in [2.24, 2.45) is 0 Å². The van der Waals surface area contributed by atoms with Gasteiger partial charge in [0.2, 0.25) is 5.95 Å². The molecule has 0 atom stereocenters. The van der Waals surface area contributed by atoms with Crippen LogP contribution in [0.3, 0.4) is 0 Å². The average Bonchev–Trinajstić information content (AvgIpc) is 3.27. The summed E-state index contributed by atoms with van der Waals surface area (Å²) in [6, 6.07) is 12.6.